The predicted octanol–water partition coefficient (Wildman–Crippen LogP) is 1.84. The van der Waals surface area contributed by atoms with Crippen molar-refractivity contribution in [1.29, 1.82) is 0 Å². The summed E-state index contributed by atoms with van der Waals surface area (Å²) < 4.78 is 1.91. The maximum absolute atomic E-state index is 4.64. The lowest BCUT2D eigenvalue weighted by atomic mass is 10.1. The van der Waals surface area contributed by atoms with Gasteiger partial charge in [0.15, 0.2) is 0 Å². The minimum atomic E-state index is 1.07. The summed E-state index contributed by atoms with van der Waals surface area (Å²) >= 11 is 0. The third-order valence-electron chi connectivity index (χ3n) is 3.70. The van der Waals surface area contributed by atoms with Crippen LogP contribution >= 0.6 is 0 Å². The first kappa shape index (κ1) is 12.2. The van der Waals surface area contributed by atoms with Gasteiger partial charge < -0.3 is 9.80 Å². The standard InChI is InChI=1S/C15H20N4/c1-17-8-10-19(11-9-17)14-12-18(2)16-15(14)13-6-4-3-5-7-13/h3-7,12H,8-11H2,1-2H3. The number of benzene rings is 1. The van der Waals surface area contributed by atoms with Crippen molar-refractivity contribution in [2.24, 2.45) is 7.05 Å². The molecule has 1 aliphatic heterocycles. The highest BCUT2D eigenvalue weighted by atomic mass is 15.3. The van der Waals surface area contributed by atoms with Gasteiger partial charge in [-0.3, -0.25) is 4.68 Å². The number of nitrogens with zero attached hydrogens (tertiary/aromatic N) is 4. The maximum atomic E-state index is 4.64. The van der Waals surface area contributed by atoms with Gasteiger partial charge in [0.25, 0.3) is 0 Å². The summed E-state index contributed by atoms with van der Waals surface area (Å²) in [5.41, 5.74) is 3.53. The molecule has 0 saturated carbocycles. The Balaban J connectivity index is 1.94. The fourth-order valence-electron chi connectivity index (χ4n) is 2.56. The van der Waals surface area contributed by atoms with Gasteiger partial charge in [0.2, 0.25) is 0 Å². The van der Waals surface area contributed by atoms with E-state index in [0.717, 1.165) is 31.9 Å². The zero-order chi connectivity index (χ0) is 13.2. The number of aromatic nitrogens is 2. The van der Waals surface area contributed by atoms with Crippen molar-refractivity contribution in [1.82, 2.24) is 14.7 Å². The molecule has 0 bridgehead atoms. The van der Waals surface area contributed by atoms with E-state index in [2.05, 4.69) is 52.4 Å². The van der Waals surface area contributed by atoms with E-state index < -0.39 is 0 Å². The molecule has 19 heavy (non-hydrogen) atoms. The lowest BCUT2D eigenvalue weighted by Gasteiger charge is -2.33. The largest absolute Gasteiger partial charge is 0.366 e. The fourth-order valence-corrected chi connectivity index (χ4v) is 2.56. The number of hydrogen-bond donors (Lipinski definition) is 0. The molecule has 0 atom stereocenters. The molecule has 100 valence electrons. The van der Waals surface area contributed by atoms with Gasteiger partial charge in [-0.25, -0.2) is 0 Å². The Labute approximate surface area is 114 Å². The Morgan fingerprint density at radius 3 is 2.32 bits per heavy atom. The Kier molecular flexibility index (Phi) is 3.25. The topological polar surface area (TPSA) is 24.3 Å². The molecule has 2 aromatic rings. The van der Waals surface area contributed by atoms with E-state index in [-0.39, 0.29) is 0 Å². The molecular formula is C15H20N4. The average molecular weight is 256 g/mol. The van der Waals surface area contributed by atoms with E-state index in [4.69, 9.17) is 0 Å². The molecule has 0 unspecified atom stereocenters. The smallest absolute Gasteiger partial charge is 0.116 e. The zero-order valence-corrected chi connectivity index (χ0v) is 11.6. The van der Waals surface area contributed by atoms with Crippen LogP contribution in [0.1, 0.15) is 0 Å². The Hall–Kier alpha value is -1.81. The molecule has 4 heteroatoms. The molecule has 1 saturated heterocycles. The number of hydrogen-bond acceptors (Lipinski definition) is 3. The minimum Gasteiger partial charge on any atom is -0.366 e. The van der Waals surface area contributed by atoms with Gasteiger partial charge in [0.05, 0.1) is 5.69 Å². The van der Waals surface area contributed by atoms with E-state index in [0.29, 0.717) is 0 Å². The van der Waals surface area contributed by atoms with E-state index in [1.807, 2.05) is 17.8 Å². The van der Waals surface area contributed by atoms with E-state index in [1.54, 1.807) is 0 Å². The zero-order valence-electron chi connectivity index (χ0n) is 11.6. The van der Waals surface area contributed by atoms with E-state index in [9.17, 15) is 0 Å². The average Bonchev–Trinajstić information content (AvgIpc) is 2.83. The molecule has 2 heterocycles. The maximum Gasteiger partial charge on any atom is 0.116 e. The van der Waals surface area contributed by atoms with Crippen LogP contribution in [0.2, 0.25) is 0 Å². The minimum absolute atomic E-state index is 1.07. The van der Waals surface area contributed by atoms with Crippen molar-refractivity contribution in [3.63, 3.8) is 0 Å². The molecule has 0 aliphatic carbocycles. The number of piperazine rings is 1. The summed E-state index contributed by atoms with van der Waals surface area (Å²) in [6.07, 6.45) is 2.13. The molecule has 1 aromatic heterocycles. The van der Waals surface area contributed by atoms with Crippen molar-refractivity contribution in [2.45, 2.75) is 0 Å². The fraction of sp³-hybridized carbons (Fsp3) is 0.400. The highest BCUT2D eigenvalue weighted by Gasteiger charge is 2.20. The molecule has 1 aliphatic rings. The number of likely N-dealkylation sites (N-methyl/N-ethyl adjacent to an activating group) is 1. The Bertz CT molecular complexity index is 539. The molecule has 0 N–H and O–H groups in total. The van der Waals surface area contributed by atoms with Gasteiger partial charge in [0, 0.05) is 45.0 Å². The molecule has 0 spiro atoms. The Morgan fingerprint density at radius 1 is 0.947 bits per heavy atom. The highest BCUT2D eigenvalue weighted by Crippen LogP contribution is 2.29. The number of aryl methyl sites for hydroxylation is 1. The van der Waals surface area contributed by atoms with Crippen molar-refractivity contribution in [2.75, 3.05) is 38.1 Å². The number of rotatable bonds is 2. The second kappa shape index (κ2) is 5.05. The van der Waals surface area contributed by atoms with Crippen LogP contribution in [0.25, 0.3) is 11.3 Å². The third-order valence-corrected chi connectivity index (χ3v) is 3.70. The molecule has 0 amide bonds. The van der Waals surface area contributed by atoms with Crippen LogP contribution in [-0.2, 0) is 7.05 Å². The van der Waals surface area contributed by atoms with Crippen LogP contribution < -0.4 is 4.90 Å². The van der Waals surface area contributed by atoms with Gasteiger partial charge in [-0.05, 0) is 7.05 Å². The van der Waals surface area contributed by atoms with Crippen LogP contribution in [0.4, 0.5) is 5.69 Å². The first-order valence-corrected chi connectivity index (χ1v) is 6.76. The third kappa shape index (κ3) is 2.49. The van der Waals surface area contributed by atoms with Gasteiger partial charge in [0.1, 0.15) is 5.69 Å². The lowest BCUT2D eigenvalue weighted by molar-refractivity contribution is 0.313. The van der Waals surface area contributed by atoms with E-state index >= 15 is 0 Å². The first-order chi connectivity index (χ1) is 9.24. The lowest BCUT2D eigenvalue weighted by Crippen LogP contribution is -2.44. The summed E-state index contributed by atoms with van der Waals surface area (Å²) in [7, 11) is 4.17. The van der Waals surface area contributed by atoms with Crippen LogP contribution in [0.5, 0.6) is 0 Å². The number of anilines is 1. The van der Waals surface area contributed by atoms with Gasteiger partial charge in [-0.15, -0.1) is 0 Å². The van der Waals surface area contributed by atoms with Crippen LogP contribution in [0.15, 0.2) is 36.5 Å². The SMILES string of the molecule is CN1CCN(c2cn(C)nc2-c2ccccc2)CC1. The molecule has 1 aromatic carbocycles. The quantitative estimate of drug-likeness (QED) is 0.819. The summed E-state index contributed by atoms with van der Waals surface area (Å²) in [6, 6.07) is 10.4. The van der Waals surface area contributed by atoms with E-state index in [1.165, 1.54) is 11.3 Å². The second-order valence-corrected chi connectivity index (χ2v) is 5.19. The van der Waals surface area contributed by atoms with Gasteiger partial charge in [-0.1, -0.05) is 30.3 Å². The van der Waals surface area contributed by atoms with Crippen LogP contribution in [-0.4, -0.2) is 47.9 Å². The summed E-state index contributed by atoms with van der Waals surface area (Å²) in [5, 5.41) is 4.64. The van der Waals surface area contributed by atoms with Crippen molar-refractivity contribution >= 4 is 5.69 Å². The second-order valence-electron chi connectivity index (χ2n) is 5.19. The van der Waals surface area contributed by atoms with Gasteiger partial charge >= 0.3 is 0 Å². The normalized spacial score (nSPS) is 16.8. The summed E-state index contributed by atoms with van der Waals surface area (Å²) in [6.45, 7) is 4.37. The summed E-state index contributed by atoms with van der Waals surface area (Å²) in [5.74, 6) is 0. The van der Waals surface area contributed by atoms with Crippen LogP contribution in [0.3, 0.4) is 0 Å². The Morgan fingerprint density at radius 2 is 1.63 bits per heavy atom. The van der Waals surface area contributed by atoms with Crippen LogP contribution in [0, 0.1) is 0 Å². The monoisotopic (exact) mass is 256 g/mol. The first-order valence-electron chi connectivity index (χ1n) is 6.76. The van der Waals surface area contributed by atoms with Gasteiger partial charge in [-0.2, -0.15) is 5.10 Å². The van der Waals surface area contributed by atoms with Crippen molar-refractivity contribution in [3.8, 4) is 11.3 Å². The molecular weight excluding hydrogens is 236 g/mol. The predicted molar refractivity (Wildman–Crippen MR) is 78.4 cm³/mol. The molecule has 3 rings (SSSR count). The molecule has 4 nitrogen and oxygen atoms in total. The molecule has 0 radical (unpaired) electrons. The van der Waals surface area contributed by atoms with Crippen molar-refractivity contribution in [3.05, 3.63) is 36.5 Å². The molecule has 1 fully saturated rings. The van der Waals surface area contributed by atoms with Crippen molar-refractivity contribution < 1.29 is 0 Å². The summed E-state index contributed by atoms with van der Waals surface area (Å²) in [4.78, 5) is 4.81. The highest BCUT2D eigenvalue weighted by molar-refractivity contribution is 5.74.